The molecule has 0 N–H and O–H groups in total. The van der Waals surface area contributed by atoms with Gasteiger partial charge in [0.25, 0.3) is 0 Å². The van der Waals surface area contributed by atoms with Crippen LogP contribution >= 0.6 is 22.7 Å². The van der Waals surface area contributed by atoms with Crippen molar-refractivity contribution >= 4 is 53.6 Å². The summed E-state index contributed by atoms with van der Waals surface area (Å²) in [5.41, 5.74) is 2.47. The number of thiophene rings is 2. The predicted octanol–water partition coefficient (Wildman–Crippen LogP) is 5.90. The van der Waals surface area contributed by atoms with Crippen LogP contribution in [0.2, 0.25) is 0 Å². The molecule has 0 radical (unpaired) electrons. The van der Waals surface area contributed by atoms with Crippen molar-refractivity contribution in [3.8, 4) is 0 Å². The minimum Gasteiger partial charge on any atom is -0.247 e. The average Bonchev–Trinajstić information content (AvgIpc) is 3.08. The van der Waals surface area contributed by atoms with Crippen LogP contribution in [0.4, 0.5) is 0 Å². The molecule has 0 amide bonds. The molecule has 4 rings (SSSR count). The zero-order valence-corrected chi connectivity index (χ0v) is 14.7. The van der Waals surface area contributed by atoms with Gasteiger partial charge >= 0.3 is 0 Å². The number of hydrogen-bond donors (Lipinski definition) is 0. The van der Waals surface area contributed by atoms with E-state index < -0.39 is 10.8 Å². The van der Waals surface area contributed by atoms with Crippen molar-refractivity contribution < 1.29 is 4.21 Å². The third-order valence-corrected chi connectivity index (χ3v) is 7.86. The standard InChI is InChI=1S/C18H14OS3/c1-11-3-5-15-13(7-11)9-17(20-15)22(19)18-10-14-8-12(2)4-6-16(14)21-18/h3-10H,1-2H3. The van der Waals surface area contributed by atoms with E-state index in [0.29, 0.717) is 0 Å². The molecule has 0 saturated heterocycles. The molecular weight excluding hydrogens is 328 g/mol. The molecule has 0 bridgehead atoms. The molecule has 4 aromatic rings. The topological polar surface area (TPSA) is 17.1 Å². The van der Waals surface area contributed by atoms with Crippen molar-refractivity contribution in [2.45, 2.75) is 22.3 Å². The van der Waals surface area contributed by atoms with Crippen molar-refractivity contribution in [1.29, 1.82) is 0 Å². The largest absolute Gasteiger partial charge is 0.247 e. The van der Waals surface area contributed by atoms with Crippen LogP contribution in [0.5, 0.6) is 0 Å². The van der Waals surface area contributed by atoms with Crippen molar-refractivity contribution in [3.05, 3.63) is 59.7 Å². The minimum absolute atomic E-state index is 0.934. The number of hydrogen-bond acceptors (Lipinski definition) is 3. The van der Waals surface area contributed by atoms with Gasteiger partial charge in [0.15, 0.2) is 0 Å². The molecule has 0 fully saturated rings. The molecule has 0 aliphatic heterocycles. The van der Waals surface area contributed by atoms with Gasteiger partial charge in [-0.2, -0.15) is 0 Å². The molecule has 0 unspecified atom stereocenters. The van der Waals surface area contributed by atoms with Gasteiger partial charge in [-0.3, -0.25) is 0 Å². The maximum atomic E-state index is 12.9. The summed E-state index contributed by atoms with van der Waals surface area (Å²) in [4.78, 5) is 0. The Hall–Kier alpha value is -1.49. The molecule has 22 heavy (non-hydrogen) atoms. The summed E-state index contributed by atoms with van der Waals surface area (Å²) in [7, 11) is -1.09. The molecule has 0 aliphatic carbocycles. The molecular formula is C18H14OS3. The third-order valence-electron chi connectivity index (χ3n) is 3.66. The second kappa shape index (κ2) is 5.30. The summed E-state index contributed by atoms with van der Waals surface area (Å²) in [5, 5.41) is 2.37. The van der Waals surface area contributed by atoms with E-state index in [0.717, 1.165) is 8.42 Å². The van der Waals surface area contributed by atoms with Gasteiger partial charge in [0.2, 0.25) is 0 Å². The zero-order chi connectivity index (χ0) is 15.3. The summed E-state index contributed by atoms with van der Waals surface area (Å²) in [6.07, 6.45) is 0. The highest BCUT2D eigenvalue weighted by Gasteiger charge is 2.14. The monoisotopic (exact) mass is 342 g/mol. The normalized spacial score (nSPS) is 11.8. The van der Waals surface area contributed by atoms with E-state index >= 15 is 0 Å². The van der Waals surface area contributed by atoms with Crippen LogP contribution in [-0.4, -0.2) is 4.21 Å². The molecule has 0 saturated carbocycles. The maximum Gasteiger partial charge on any atom is 0.105 e. The van der Waals surface area contributed by atoms with E-state index in [2.05, 4.69) is 62.4 Å². The van der Waals surface area contributed by atoms with E-state index in [1.165, 1.54) is 31.3 Å². The van der Waals surface area contributed by atoms with E-state index in [1.54, 1.807) is 22.7 Å². The molecule has 2 aromatic heterocycles. The summed E-state index contributed by atoms with van der Waals surface area (Å²) < 4.78 is 17.2. The highest BCUT2D eigenvalue weighted by molar-refractivity contribution is 7.89. The number of benzene rings is 2. The highest BCUT2D eigenvalue weighted by Crippen LogP contribution is 2.35. The summed E-state index contributed by atoms with van der Waals surface area (Å²) in [6.45, 7) is 4.17. The Morgan fingerprint density at radius 3 is 1.64 bits per heavy atom. The Morgan fingerprint density at radius 1 is 0.727 bits per heavy atom. The first-order chi connectivity index (χ1) is 10.6. The van der Waals surface area contributed by atoms with Gasteiger partial charge in [-0.25, -0.2) is 4.21 Å². The minimum atomic E-state index is -1.09. The zero-order valence-electron chi connectivity index (χ0n) is 12.3. The molecule has 0 aliphatic rings. The van der Waals surface area contributed by atoms with Crippen molar-refractivity contribution in [2.24, 2.45) is 0 Å². The van der Waals surface area contributed by atoms with Crippen LogP contribution in [0.3, 0.4) is 0 Å². The summed E-state index contributed by atoms with van der Waals surface area (Å²) in [5.74, 6) is 0. The smallest absolute Gasteiger partial charge is 0.105 e. The van der Waals surface area contributed by atoms with Crippen LogP contribution in [0, 0.1) is 13.8 Å². The number of rotatable bonds is 2. The second-order valence-electron chi connectivity index (χ2n) is 5.48. The Balaban J connectivity index is 1.80. The fourth-order valence-corrected chi connectivity index (χ4v) is 6.61. The lowest BCUT2D eigenvalue weighted by molar-refractivity contribution is 0.686. The van der Waals surface area contributed by atoms with Gasteiger partial charge in [0.1, 0.15) is 10.8 Å². The van der Waals surface area contributed by atoms with Crippen LogP contribution in [-0.2, 0) is 10.8 Å². The van der Waals surface area contributed by atoms with E-state index in [4.69, 9.17) is 0 Å². The quantitative estimate of drug-likeness (QED) is 0.443. The second-order valence-corrected chi connectivity index (χ2v) is 9.58. The van der Waals surface area contributed by atoms with Crippen molar-refractivity contribution in [2.75, 3.05) is 0 Å². The lowest BCUT2D eigenvalue weighted by Crippen LogP contribution is -1.84. The first-order valence-corrected chi connectivity index (χ1v) is 9.81. The van der Waals surface area contributed by atoms with E-state index in [-0.39, 0.29) is 0 Å². The van der Waals surface area contributed by atoms with Gasteiger partial charge in [0, 0.05) is 9.40 Å². The van der Waals surface area contributed by atoms with Gasteiger partial charge in [0.05, 0.1) is 8.42 Å². The Labute approximate surface area is 139 Å². The lowest BCUT2D eigenvalue weighted by atomic mass is 10.2. The third kappa shape index (κ3) is 2.41. The predicted molar refractivity (Wildman–Crippen MR) is 97.8 cm³/mol. The number of fused-ring (bicyclic) bond motifs is 2. The molecule has 1 nitrogen and oxygen atoms in total. The molecule has 2 heterocycles. The fourth-order valence-electron chi connectivity index (χ4n) is 2.56. The lowest BCUT2D eigenvalue weighted by Gasteiger charge is -1.92. The van der Waals surface area contributed by atoms with Crippen LogP contribution in [0.1, 0.15) is 11.1 Å². The first-order valence-electron chi connectivity index (χ1n) is 7.02. The maximum absolute atomic E-state index is 12.9. The highest BCUT2D eigenvalue weighted by atomic mass is 32.2. The first kappa shape index (κ1) is 14.1. The average molecular weight is 343 g/mol. The molecule has 0 spiro atoms. The van der Waals surface area contributed by atoms with Crippen molar-refractivity contribution in [3.63, 3.8) is 0 Å². The van der Waals surface area contributed by atoms with Gasteiger partial charge in [-0.1, -0.05) is 35.4 Å². The Bertz CT molecular complexity index is 941. The van der Waals surface area contributed by atoms with Crippen molar-refractivity contribution in [1.82, 2.24) is 0 Å². The summed E-state index contributed by atoms with van der Waals surface area (Å²) >= 11 is 3.26. The molecule has 2 aromatic carbocycles. The molecule has 110 valence electrons. The Kier molecular flexibility index (Phi) is 3.40. The van der Waals surface area contributed by atoms with Gasteiger partial charge in [-0.15, -0.1) is 22.7 Å². The SMILES string of the molecule is Cc1ccc2sc(S(=O)c3cc4cc(C)ccc4s3)cc2c1. The Morgan fingerprint density at radius 2 is 1.18 bits per heavy atom. The van der Waals surface area contributed by atoms with Gasteiger partial charge < -0.3 is 0 Å². The number of aryl methyl sites for hydroxylation is 2. The van der Waals surface area contributed by atoms with E-state index in [9.17, 15) is 4.21 Å². The summed E-state index contributed by atoms with van der Waals surface area (Å²) in [6, 6.07) is 16.9. The van der Waals surface area contributed by atoms with Gasteiger partial charge in [-0.05, 0) is 48.9 Å². The van der Waals surface area contributed by atoms with Crippen LogP contribution in [0.15, 0.2) is 56.9 Å². The van der Waals surface area contributed by atoms with Crippen LogP contribution in [0.25, 0.3) is 20.2 Å². The van der Waals surface area contributed by atoms with E-state index in [1.807, 2.05) is 0 Å². The fraction of sp³-hybridized carbons (Fsp3) is 0.111. The van der Waals surface area contributed by atoms with Crippen LogP contribution < -0.4 is 0 Å². The molecule has 0 atom stereocenters. The molecule has 4 heteroatoms.